The van der Waals surface area contributed by atoms with Crippen molar-refractivity contribution in [2.75, 3.05) is 21.3 Å². The highest BCUT2D eigenvalue weighted by atomic mass is 32.2. The lowest BCUT2D eigenvalue weighted by atomic mass is 10.2. The van der Waals surface area contributed by atoms with Gasteiger partial charge in [0.2, 0.25) is 9.84 Å². The summed E-state index contributed by atoms with van der Waals surface area (Å²) in [7, 11) is -4.18. The van der Waals surface area contributed by atoms with E-state index in [1.165, 1.54) is 57.7 Å². The minimum absolute atomic E-state index is 0.00487. The number of aryl methyl sites for hydroxylation is 1. The minimum atomic E-state index is -4.26. The molecule has 10 nitrogen and oxygen atoms in total. The van der Waals surface area contributed by atoms with E-state index in [9.17, 15) is 16.8 Å². The van der Waals surface area contributed by atoms with E-state index < -0.39 is 25.4 Å². The van der Waals surface area contributed by atoms with Crippen LogP contribution in [0.3, 0.4) is 0 Å². The number of hydrogen-bond donors (Lipinski definition) is 1. The van der Waals surface area contributed by atoms with Crippen LogP contribution in [0.2, 0.25) is 0 Å². The molecule has 0 bridgehead atoms. The molecule has 4 aromatic rings. The van der Waals surface area contributed by atoms with Crippen LogP contribution in [0.5, 0.6) is 17.2 Å². The Hall–Kier alpha value is -4.03. The summed E-state index contributed by atoms with van der Waals surface area (Å²) >= 11 is 0. The van der Waals surface area contributed by atoms with Gasteiger partial charge in [-0.15, -0.1) is 5.10 Å². The van der Waals surface area contributed by atoms with Crippen molar-refractivity contribution in [1.29, 1.82) is 0 Å². The smallest absolute Gasteiger partial charge is 0.276 e. The summed E-state index contributed by atoms with van der Waals surface area (Å²) in [5.41, 5.74) is 0.595. The van der Waals surface area contributed by atoms with Gasteiger partial charge in [-0.2, -0.15) is 13.2 Å². The number of ether oxygens (including phenoxy) is 3. The molecule has 194 valence electrons. The molecule has 0 saturated heterocycles. The first-order chi connectivity index (χ1) is 17.6. The van der Waals surface area contributed by atoms with E-state index in [1.54, 1.807) is 30.3 Å². The third-order valence-corrected chi connectivity index (χ3v) is 8.45. The Morgan fingerprint density at radius 3 is 2.05 bits per heavy atom. The zero-order chi connectivity index (χ0) is 26.8. The Morgan fingerprint density at radius 2 is 1.41 bits per heavy atom. The third kappa shape index (κ3) is 5.11. The summed E-state index contributed by atoms with van der Waals surface area (Å²) in [4.78, 5) is 1.54. The fourth-order valence-corrected chi connectivity index (χ4v) is 5.68. The molecule has 0 saturated carbocycles. The van der Waals surface area contributed by atoms with Gasteiger partial charge in [0.05, 0.1) is 31.1 Å². The van der Waals surface area contributed by atoms with Crippen LogP contribution in [0.1, 0.15) is 5.56 Å². The Kier molecular flexibility index (Phi) is 7.14. The van der Waals surface area contributed by atoms with Crippen molar-refractivity contribution in [1.82, 2.24) is 4.83 Å². The van der Waals surface area contributed by atoms with Gasteiger partial charge in [-0.1, -0.05) is 29.8 Å². The molecule has 1 N–H and O–H groups in total. The highest BCUT2D eigenvalue weighted by molar-refractivity contribution is 7.91. The molecule has 0 aliphatic heterocycles. The Labute approximate surface area is 214 Å². The zero-order valence-electron chi connectivity index (χ0n) is 20.4. The SMILES string of the molecule is COc1ccc(S(=O)(=O)N/N=c2/oc3c(OC)cccc3cc2S(=O)(=O)c2ccc(C)cc2)cc1OC. The number of nitrogens with zero attached hydrogens (tertiary/aromatic N) is 1. The number of hydrogen-bond acceptors (Lipinski definition) is 9. The van der Waals surface area contributed by atoms with Crippen LogP contribution >= 0.6 is 0 Å². The van der Waals surface area contributed by atoms with Crippen LogP contribution in [0.15, 0.2) is 90.9 Å². The van der Waals surface area contributed by atoms with E-state index in [-0.39, 0.29) is 26.0 Å². The second kappa shape index (κ2) is 10.1. The summed E-state index contributed by atoms with van der Waals surface area (Å²) in [6, 6.07) is 16.5. The second-order valence-electron chi connectivity index (χ2n) is 7.83. The van der Waals surface area contributed by atoms with Gasteiger partial charge in [-0.3, -0.25) is 0 Å². The van der Waals surface area contributed by atoms with E-state index in [4.69, 9.17) is 18.6 Å². The van der Waals surface area contributed by atoms with Crippen LogP contribution in [-0.4, -0.2) is 38.2 Å². The van der Waals surface area contributed by atoms with Crippen molar-refractivity contribution < 1.29 is 35.5 Å². The molecule has 1 aromatic heterocycles. The van der Waals surface area contributed by atoms with E-state index in [2.05, 4.69) is 9.93 Å². The molecule has 1 heterocycles. The van der Waals surface area contributed by atoms with E-state index in [0.29, 0.717) is 16.9 Å². The van der Waals surface area contributed by atoms with Gasteiger partial charge in [0.25, 0.3) is 15.6 Å². The van der Waals surface area contributed by atoms with Crippen molar-refractivity contribution in [3.63, 3.8) is 0 Å². The summed E-state index contributed by atoms with van der Waals surface area (Å²) in [5, 5.41) is 4.30. The molecule has 12 heteroatoms. The molecule has 37 heavy (non-hydrogen) atoms. The average molecular weight is 545 g/mol. The fourth-order valence-electron chi connectivity index (χ4n) is 3.52. The first kappa shape index (κ1) is 26.0. The zero-order valence-corrected chi connectivity index (χ0v) is 22.0. The normalized spacial score (nSPS) is 12.4. The number of fused-ring (bicyclic) bond motifs is 1. The molecule has 0 aliphatic carbocycles. The Balaban J connectivity index is 1.90. The minimum Gasteiger partial charge on any atom is -0.493 e. The quantitative estimate of drug-likeness (QED) is 0.334. The first-order valence-electron chi connectivity index (χ1n) is 10.8. The number of para-hydroxylation sites is 1. The van der Waals surface area contributed by atoms with Crippen LogP contribution in [0.4, 0.5) is 0 Å². The van der Waals surface area contributed by atoms with Gasteiger partial charge < -0.3 is 18.6 Å². The number of nitrogens with one attached hydrogen (secondary N) is 1. The Bertz CT molecular complexity index is 1740. The maximum Gasteiger partial charge on any atom is 0.276 e. The van der Waals surface area contributed by atoms with E-state index in [0.717, 1.165) is 5.56 Å². The van der Waals surface area contributed by atoms with Crippen molar-refractivity contribution in [3.05, 3.63) is 77.8 Å². The summed E-state index contributed by atoms with van der Waals surface area (Å²) in [6.07, 6.45) is 0. The van der Waals surface area contributed by atoms with Crippen molar-refractivity contribution in [2.24, 2.45) is 5.10 Å². The molecule has 0 amide bonds. The van der Waals surface area contributed by atoms with Gasteiger partial charge >= 0.3 is 0 Å². The van der Waals surface area contributed by atoms with Crippen LogP contribution in [-0.2, 0) is 19.9 Å². The lowest BCUT2D eigenvalue weighted by molar-refractivity contribution is 0.354. The summed E-state index contributed by atoms with van der Waals surface area (Å²) in [5.74, 6) is 0.839. The van der Waals surface area contributed by atoms with Gasteiger partial charge in [-0.25, -0.2) is 8.42 Å². The highest BCUT2D eigenvalue weighted by Crippen LogP contribution is 2.30. The maximum atomic E-state index is 13.6. The van der Waals surface area contributed by atoms with E-state index in [1.807, 2.05) is 6.92 Å². The van der Waals surface area contributed by atoms with E-state index >= 15 is 0 Å². The monoisotopic (exact) mass is 544 g/mol. The molecule has 0 spiro atoms. The molecule has 0 fully saturated rings. The lowest BCUT2D eigenvalue weighted by Crippen LogP contribution is -2.24. The number of sulfone groups is 1. The fraction of sp³-hybridized carbons (Fsp3) is 0.160. The number of sulfonamides is 1. The van der Waals surface area contributed by atoms with Crippen LogP contribution in [0, 0.1) is 6.92 Å². The standard InChI is InChI=1S/C25H24N2O8S2/c1-16-8-10-18(11-9-16)36(28,29)23-14-17-6-5-7-21(33-3)24(17)35-25(23)26-27-37(30,31)19-12-13-20(32-2)22(15-19)34-4/h5-15,27H,1-4H3/b26-25+. The van der Waals surface area contributed by atoms with Gasteiger partial charge in [0, 0.05) is 11.5 Å². The summed E-state index contributed by atoms with van der Waals surface area (Å²) in [6.45, 7) is 1.83. The topological polar surface area (TPSA) is 134 Å². The molecule has 0 unspecified atom stereocenters. The molecule has 4 rings (SSSR count). The molecule has 0 radical (unpaired) electrons. The van der Waals surface area contributed by atoms with Crippen molar-refractivity contribution in [2.45, 2.75) is 21.6 Å². The lowest BCUT2D eigenvalue weighted by Gasteiger charge is -2.11. The Morgan fingerprint density at radius 1 is 0.757 bits per heavy atom. The van der Waals surface area contributed by atoms with Crippen LogP contribution in [0.25, 0.3) is 11.0 Å². The van der Waals surface area contributed by atoms with Gasteiger partial charge in [0.15, 0.2) is 22.8 Å². The largest absolute Gasteiger partial charge is 0.493 e. The van der Waals surface area contributed by atoms with Gasteiger partial charge in [0.1, 0.15) is 4.90 Å². The van der Waals surface area contributed by atoms with Crippen molar-refractivity contribution >= 4 is 30.8 Å². The molecule has 0 aliphatic rings. The predicted octanol–water partition coefficient (Wildman–Crippen LogP) is 3.39. The van der Waals surface area contributed by atoms with Crippen molar-refractivity contribution in [3.8, 4) is 17.2 Å². The number of methoxy groups -OCH3 is 3. The number of rotatable bonds is 8. The average Bonchev–Trinajstić information content (AvgIpc) is 2.90. The molecule has 3 aromatic carbocycles. The highest BCUT2D eigenvalue weighted by Gasteiger charge is 2.24. The maximum absolute atomic E-state index is 13.6. The molecular weight excluding hydrogens is 520 g/mol. The second-order valence-corrected chi connectivity index (χ2v) is 11.4. The molecular formula is C25H24N2O8S2. The predicted molar refractivity (Wildman–Crippen MR) is 135 cm³/mol. The molecule has 0 atom stereocenters. The third-order valence-electron chi connectivity index (χ3n) is 5.48. The summed E-state index contributed by atoms with van der Waals surface area (Å²) < 4.78 is 74.6. The first-order valence-corrected chi connectivity index (χ1v) is 13.8. The van der Waals surface area contributed by atoms with Gasteiger partial charge in [-0.05, 0) is 43.3 Å². The van der Waals surface area contributed by atoms with Crippen LogP contribution < -0.4 is 24.6 Å². The number of benzene rings is 3.